The first-order chi connectivity index (χ1) is 22.2. The molecule has 0 saturated carbocycles. The Morgan fingerprint density at radius 1 is 0.936 bits per heavy atom. The lowest BCUT2D eigenvalue weighted by molar-refractivity contribution is -0.144. The maximum absolute atomic E-state index is 13.0. The Hall–Kier alpha value is -4.62. The minimum Gasteiger partial charge on any atom is -0.484 e. The summed E-state index contributed by atoms with van der Waals surface area (Å²) in [6.07, 6.45) is -0.321. The van der Waals surface area contributed by atoms with Crippen LogP contribution in [0.2, 0.25) is 0 Å². The zero-order chi connectivity index (χ0) is 34.2. The summed E-state index contributed by atoms with van der Waals surface area (Å²) in [5.41, 5.74) is -1.08. The van der Waals surface area contributed by atoms with Crippen LogP contribution >= 0.6 is 0 Å². The number of likely N-dealkylation sites (tertiary alicyclic amines) is 2. The number of piperidine rings is 2. The van der Waals surface area contributed by atoms with Crippen molar-refractivity contribution in [3.05, 3.63) is 66.0 Å². The van der Waals surface area contributed by atoms with Gasteiger partial charge in [0.25, 0.3) is 5.91 Å². The predicted octanol–water partition coefficient (Wildman–Crippen LogP) is 6.48. The fraction of sp³-hybridized carbons (Fsp3) is 0.485. The van der Waals surface area contributed by atoms with E-state index in [2.05, 4.69) is 15.2 Å². The Morgan fingerprint density at radius 2 is 1.62 bits per heavy atom. The summed E-state index contributed by atoms with van der Waals surface area (Å²) in [6.45, 7) is 6.22. The van der Waals surface area contributed by atoms with Gasteiger partial charge in [-0.3, -0.25) is 14.8 Å². The highest BCUT2D eigenvalue weighted by Crippen LogP contribution is 2.33. The van der Waals surface area contributed by atoms with Crippen molar-refractivity contribution in [2.24, 2.45) is 0 Å². The van der Waals surface area contributed by atoms with E-state index in [1.54, 1.807) is 37.8 Å². The van der Waals surface area contributed by atoms with Gasteiger partial charge in [0.1, 0.15) is 23.2 Å². The number of aliphatic carboxylic acids is 1. The first-order valence-corrected chi connectivity index (χ1v) is 15.5. The van der Waals surface area contributed by atoms with E-state index in [1.807, 2.05) is 18.2 Å². The van der Waals surface area contributed by atoms with Gasteiger partial charge in [-0.15, -0.1) is 0 Å². The van der Waals surface area contributed by atoms with E-state index in [9.17, 15) is 27.6 Å². The fourth-order valence-electron chi connectivity index (χ4n) is 5.37. The van der Waals surface area contributed by atoms with Crippen LogP contribution in [0.1, 0.15) is 76.7 Å². The van der Waals surface area contributed by atoms with Gasteiger partial charge in [-0.05, 0) is 83.6 Å². The number of benzene rings is 2. The third-order valence-electron chi connectivity index (χ3n) is 7.61. The molecule has 2 aromatic carbocycles. The lowest BCUT2D eigenvalue weighted by Gasteiger charge is -2.34. The van der Waals surface area contributed by atoms with Gasteiger partial charge in [0.05, 0.1) is 11.6 Å². The van der Waals surface area contributed by atoms with Gasteiger partial charge < -0.3 is 19.5 Å². The molecule has 5 rings (SSSR count). The third-order valence-corrected chi connectivity index (χ3v) is 7.61. The molecule has 14 heteroatoms. The number of aromatic amines is 1. The molecule has 0 radical (unpaired) electrons. The highest BCUT2D eigenvalue weighted by atomic mass is 19.4. The fourth-order valence-corrected chi connectivity index (χ4v) is 5.37. The van der Waals surface area contributed by atoms with Crippen LogP contribution < -0.4 is 4.74 Å². The van der Waals surface area contributed by atoms with Crippen molar-refractivity contribution in [1.29, 1.82) is 0 Å². The standard InChI is InChI=1S/C22H21F3N4O2.C11H19NO4/c23-22(24,25)16-8-6-7-15(13-16)20-26-21(28-27-20)18-11-4-5-12-29(18)19(30)14-31-17-9-2-1-3-10-17;1-11(2,3)16-10(15)12-7-5-4-6-8(12)9(13)14/h1-3,6-10,13,18H,4-5,11-12,14H2,(H,26,27,28);8H,4-7H2,1-3H3,(H,13,14)/t18-;8-/m11/s1. The number of amides is 2. The quantitative estimate of drug-likeness (QED) is 0.307. The number of H-pyrrole nitrogens is 1. The van der Waals surface area contributed by atoms with Crippen molar-refractivity contribution in [2.45, 2.75) is 83.2 Å². The molecular weight excluding hydrogens is 619 g/mol. The van der Waals surface area contributed by atoms with Gasteiger partial charge in [-0.2, -0.15) is 18.3 Å². The van der Waals surface area contributed by atoms with Crippen LogP contribution in [0.15, 0.2) is 54.6 Å². The molecule has 0 aliphatic carbocycles. The second-order valence-electron chi connectivity index (χ2n) is 12.3. The molecule has 2 aliphatic heterocycles. The number of halogens is 3. The molecule has 2 atom stereocenters. The second-order valence-corrected chi connectivity index (χ2v) is 12.3. The van der Waals surface area contributed by atoms with Gasteiger partial charge in [0.15, 0.2) is 12.4 Å². The van der Waals surface area contributed by atoms with Gasteiger partial charge in [-0.1, -0.05) is 30.3 Å². The summed E-state index contributed by atoms with van der Waals surface area (Å²) < 4.78 is 49.8. The molecule has 2 saturated heterocycles. The van der Waals surface area contributed by atoms with Crippen molar-refractivity contribution in [1.82, 2.24) is 25.0 Å². The topological polar surface area (TPSA) is 138 Å². The number of nitrogens with zero attached hydrogens (tertiary/aromatic N) is 4. The van der Waals surface area contributed by atoms with Crippen molar-refractivity contribution in [2.75, 3.05) is 19.7 Å². The number of alkyl halides is 3. The van der Waals surface area contributed by atoms with E-state index in [-0.39, 0.29) is 29.9 Å². The number of hydrogen-bond acceptors (Lipinski definition) is 7. The molecule has 2 aliphatic rings. The average molecular weight is 660 g/mol. The zero-order valence-electron chi connectivity index (χ0n) is 26.6. The minimum absolute atomic E-state index is 0.102. The molecule has 3 aromatic rings. The summed E-state index contributed by atoms with van der Waals surface area (Å²) in [5, 5.41) is 15.9. The molecule has 0 bridgehead atoms. The van der Waals surface area contributed by atoms with Crippen LogP contribution in [0.4, 0.5) is 18.0 Å². The maximum Gasteiger partial charge on any atom is 0.416 e. The number of aromatic nitrogens is 3. The summed E-state index contributed by atoms with van der Waals surface area (Å²) >= 11 is 0. The molecule has 0 unspecified atom stereocenters. The molecule has 254 valence electrons. The van der Waals surface area contributed by atoms with Gasteiger partial charge in [-0.25, -0.2) is 14.6 Å². The highest BCUT2D eigenvalue weighted by Gasteiger charge is 2.35. The number of para-hydroxylation sites is 1. The van der Waals surface area contributed by atoms with E-state index in [0.717, 1.165) is 37.8 Å². The summed E-state index contributed by atoms with van der Waals surface area (Å²) in [4.78, 5) is 43.0. The van der Waals surface area contributed by atoms with Crippen molar-refractivity contribution in [3.8, 4) is 17.1 Å². The average Bonchev–Trinajstić information content (AvgIpc) is 3.54. The van der Waals surface area contributed by atoms with Gasteiger partial charge >= 0.3 is 18.2 Å². The molecule has 0 spiro atoms. The Morgan fingerprint density at radius 3 is 2.28 bits per heavy atom. The van der Waals surface area contributed by atoms with E-state index in [0.29, 0.717) is 37.5 Å². The van der Waals surface area contributed by atoms with Gasteiger partial charge in [0, 0.05) is 18.7 Å². The number of carbonyl (C=O) groups excluding carboxylic acids is 2. The van der Waals surface area contributed by atoms with Gasteiger partial charge in [0.2, 0.25) is 0 Å². The van der Waals surface area contributed by atoms with Crippen LogP contribution in [0.25, 0.3) is 11.4 Å². The molecular formula is C33H40F3N5O6. The van der Waals surface area contributed by atoms with E-state index < -0.39 is 35.4 Å². The highest BCUT2D eigenvalue weighted by molar-refractivity contribution is 5.80. The van der Waals surface area contributed by atoms with Crippen molar-refractivity contribution >= 4 is 18.0 Å². The summed E-state index contributed by atoms with van der Waals surface area (Å²) in [7, 11) is 0. The van der Waals surface area contributed by atoms with Crippen LogP contribution in [-0.4, -0.2) is 79.4 Å². The van der Waals surface area contributed by atoms with Crippen molar-refractivity contribution in [3.63, 3.8) is 0 Å². The molecule has 3 heterocycles. The van der Waals surface area contributed by atoms with E-state index >= 15 is 0 Å². The lowest BCUT2D eigenvalue weighted by Crippen LogP contribution is -2.49. The van der Waals surface area contributed by atoms with Crippen LogP contribution in [0.5, 0.6) is 5.75 Å². The SMILES string of the molecule is CC(C)(C)OC(=O)N1CCCC[C@@H]1C(=O)O.O=C(COc1ccccc1)N1CCCC[C@@H]1c1nc(-c2cccc(C(F)(F)F)c2)n[nH]1. The van der Waals surface area contributed by atoms with E-state index in [1.165, 1.54) is 17.0 Å². The number of carboxylic acid groups (broad SMARTS) is 1. The number of nitrogens with one attached hydrogen (secondary N) is 1. The number of carboxylic acids is 1. The number of carbonyl (C=O) groups is 3. The summed E-state index contributed by atoms with van der Waals surface area (Å²) in [5.74, 6) is 0.104. The Kier molecular flexibility index (Phi) is 11.5. The zero-order valence-corrected chi connectivity index (χ0v) is 26.6. The first-order valence-electron chi connectivity index (χ1n) is 15.5. The molecule has 2 fully saturated rings. The number of hydrogen-bond donors (Lipinski definition) is 2. The first kappa shape index (κ1) is 35.2. The molecule has 11 nitrogen and oxygen atoms in total. The van der Waals surface area contributed by atoms with E-state index in [4.69, 9.17) is 14.6 Å². The molecule has 1 aromatic heterocycles. The van der Waals surface area contributed by atoms with Crippen LogP contribution in [0, 0.1) is 0 Å². The third kappa shape index (κ3) is 9.93. The molecule has 2 N–H and O–H groups in total. The normalized spacial score (nSPS) is 18.5. The monoisotopic (exact) mass is 659 g/mol. The smallest absolute Gasteiger partial charge is 0.416 e. The van der Waals surface area contributed by atoms with Crippen molar-refractivity contribution < 1.29 is 42.1 Å². The largest absolute Gasteiger partial charge is 0.484 e. The predicted molar refractivity (Wildman–Crippen MR) is 165 cm³/mol. The Balaban J connectivity index is 0.000000264. The number of ether oxygens (including phenoxy) is 2. The number of rotatable bonds is 6. The second kappa shape index (κ2) is 15.3. The summed E-state index contributed by atoms with van der Waals surface area (Å²) in [6, 6.07) is 12.9. The lowest BCUT2D eigenvalue weighted by atomic mass is 10.0. The van der Waals surface area contributed by atoms with Crippen LogP contribution in [0.3, 0.4) is 0 Å². The molecule has 47 heavy (non-hydrogen) atoms. The van der Waals surface area contributed by atoms with Crippen LogP contribution in [-0.2, 0) is 20.5 Å². The maximum atomic E-state index is 13.0. The molecule has 2 amide bonds. The Bertz CT molecular complexity index is 1510. The minimum atomic E-state index is -4.44. The Labute approximate surface area is 271 Å².